The van der Waals surface area contributed by atoms with Gasteiger partial charge in [-0.1, -0.05) is 19.9 Å². The lowest BCUT2D eigenvalue weighted by molar-refractivity contribution is -0.122. The van der Waals surface area contributed by atoms with Crippen molar-refractivity contribution in [2.75, 3.05) is 26.8 Å². The minimum atomic E-state index is -0.216. The van der Waals surface area contributed by atoms with E-state index in [-0.39, 0.29) is 30.3 Å². The molecule has 1 unspecified atom stereocenters. The molecule has 164 valence electrons. The summed E-state index contributed by atoms with van der Waals surface area (Å²) in [5, 5.41) is 3.06. The predicted molar refractivity (Wildman–Crippen MR) is 123 cm³/mol. The molecule has 1 aromatic carbocycles. The maximum atomic E-state index is 12.7. The van der Waals surface area contributed by atoms with Crippen LogP contribution in [0.15, 0.2) is 34.1 Å². The Morgan fingerprint density at radius 3 is 2.33 bits per heavy atom. The molecule has 2 amide bonds. The van der Waals surface area contributed by atoms with Gasteiger partial charge in [0.25, 0.3) is 5.91 Å². The molecule has 30 heavy (non-hydrogen) atoms. The van der Waals surface area contributed by atoms with Crippen molar-refractivity contribution < 1.29 is 19.1 Å². The van der Waals surface area contributed by atoms with Gasteiger partial charge in [-0.15, -0.1) is 11.3 Å². The van der Waals surface area contributed by atoms with Gasteiger partial charge in [0.15, 0.2) is 11.5 Å². The first-order valence-corrected chi connectivity index (χ1v) is 11.6. The zero-order valence-corrected chi connectivity index (χ0v) is 20.4. The Kier molecular flexibility index (Phi) is 9.17. The number of amides is 2. The lowest BCUT2D eigenvalue weighted by Gasteiger charge is -2.25. The highest BCUT2D eigenvalue weighted by Gasteiger charge is 2.23. The summed E-state index contributed by atoms with van der Waals surface area (Å²) >= 11 is 4.70. The number of benzene rings is 1. The van der Waals surface area contributed by atoms with Crippen LogP contribution in [0.2, 0.25) is 0 Å². The molecule has 1 N–H and O–H groups in total. The molecule has 1 heterocycles. The molecule has 0 aliphatic heterocycles. The average molecular weight is 497 g/mol. The molecule has 8 heteroatoms. The van der Waals surface area contributed by atoms with Gasteiger partial charge >= 0.3 is 0 Å². The van der Waals surface area contributed by atoms with E-state index in [1.54, 1.807) is 13.1 Å². The SMILES string of the molecule is CCOc1ccc(C(NC(=O)CN(C)C(=O)c2ccc(Br)s2)C(C)C)cc1OCC. The van der Waals surface area contributed by atoms with Gasteiger partial charge in [-0.25, -0.2) is 0 Å². The van der Waals surface area contributed by atoms with Crippen molar-refractivity contribution in [3.8, 4) is 11.5 Å². The van der Waals surface area contributed by atoms with Crippen LogP contribution in [-0.2, 0) is 4.79 Å². The Bertz CT molecular complexity index is 869. The number of thiophene rings is 1. The van der Waals surface area contributed by atoms with Crippen molar-refractivity contribution >= 4 is 39.1 Å². The number of hydrogen-bond acceptors (Lipinski definition) is 5. The molecule has 0 bridgehead atoms. The Morgan fingerprint density at radius 2 is 1.77 bits per heavy atom. The lowest BCUT2D eigenvalue weighted by Crippen LogP contribution is -2.40. The number of rotatable bonds is 10. The van der Waals surface area contributed by atoms with E-state index in [0.29, 0.717) is 29.6 Å². The van der Waals surface area contributed by atoms with Gasteiger partial charge < -0.3 is 19.7 Å². The van der Waals surface area contributed by atoms with E-state index in [4.69, 9.17) is 9.47 Å². The smallest absolute Gasteiger partial charge is 0.264 e. The summed E-state index contributed by atoms with van der Waals surface area (Å²) in [6.07, 6.45) is 0. The van der Waals surface area contributed by atoms with Gasteiger partial charge in [0.1, 0.15) is 0 Å². The highest BCUT2D eigenvalue weighted by molar-refractivity contribution is 9.11. The van der Waals surface area contributed by atoms with Crippen molar-refractivity contribution in [3.05, 3.63) is 44.6 Å². The van der Waals surface area contributed by atoms with Gasteiger partial charge in [0.05, 0.1) is 34.5 Å². The Balaban J connectivity index is 2.12. The standard InChI is InChI=1S/C22H29BrN2O4S/c1-6-28-16-9-8-15(12-17(16)29-7-2)21(14(3)4)24-20(26)13-25(5)22(27)18-10-11-19(23)30-18/h8-12,14,21H,6-7,13H2,1-5H3,(H,24,26). The molecule has 0 saturated carbocycles. The van der Waals surface area contributed by atoms with E-state index in [0.717, 1.165) is 9.35 Å². The molecular formula is C22H29BrN2O4S. The van der Waals surface area contributed by atoms with Crippen molar-refractivity contribution in [1.29, 1.82) is 0 Å². The van der Waals surface area contributed by atoms with E-state index < -0.39 is 0 Å². The number of ether oxygens (including phenoxy) is 2. The van der Waals surface area contributed by atoms with Crippen LogP contribution >= 0.6 is 27.3 Å². The second kappa shape index (κ2) is 11.4. The van der Waals surface area contributed by atoms with E-state index in [1.807, 2.05) is 52.0 Å². The number of nitrogens with one attached hydrogen (secondary N) is 1. The van der Waals surface area contributed by atoms with Crippen LogP contribution in [-0.4, -0.2) is 43.5 Å². The summed E-state index contributed by atoms with van der Waals surface area (Å²) < 4.78 is 12.2. The lowest BCUT2D eigenvalue weighted by atomic mass is 9.95. The molecule has 6 nitrogen and oxygen atoms in total. The third kappa shape index (κ3) is 6.47. The van der Waals surface area contributed by atoms with Crippen molar-refractivity contribution in [1.82, 2.24) is 10.2 Å². The number of likely N-dealkylation sites (N-methyl/N-ethyl adjacent to an activating group) is 1. The van der Waals surface area contributed by atoms with E-state index in [2.05, 4.69) is 21.2 Å². The summed E-state index contributed by atoms with van der Waals surface area (Å²) in [5.74, 6) is 1.10. The minimum Gasteiger partial charge on any atom is -0.490 e. The summed E-state index contributed by atoms with van der Waals surface area (Å²) in [7, 11) is 1.63. The maximum Gasteiger partial charge on any atom is 0.264 e. The van der Waals surface area contributed by atoms with Gasteiger partial charge in [0.2, 0.25) is 5.91 Å². The van der Waals surface area contributed by atoms with E-state index >= 15 is 0 Å². The molecular weight excluding hydrogens is 468 g/mol. The minimum absolute atomic E-state index is 0.0209. The molecule has 2 rings (SSSR count). The largest absolute Gasteiger partial charge is 0.490 e. The molecule has 1 aromatic heterocycles. The topological polar surface area (TPSA) is 67.9 Å². The Morgan fingerprint density at radius 1 is 1.10 bits per heavy atom. The summed E-state index contributed by atoms with van der Waals surface area (Å²) in [4.78, 5) is 27.2. The summed E-state index contributed by atoms with van der Waals surface area (Å²) in [5.41, 5.74) is 0.932. The van der Waals surface area contributed by atoms with Crippen LogP contribution in [0.4, 0.5) is 0 Å². The van der Waals surface area contributed by atoms with Crippen LogP contribution < -0.4 is 14.8 Å². The fourth-order valence-corrected chi connectivity index (χ4v) is 4.40. The van der Waals surface area contributed by atoms with Gasteiger partial charge in [-0.2, -0.15) is 0 Å². The fraction of sp³-hybridized carbons (Fsp3) is 0.455. The monoisotopic (exact) mass is 496 g/mol. The van der Waals surface area contributed by atoms with Gasteiger partial charge in [-0.05, 0) is 65.5 Å². The second-order valence-corrected chi connectivity index (χ2v) is 9.59. The molecule has 2 aromatic rings. The molecule has 0 aliphatic rings. The van der Waals surface area contributed by atoms with Gasteiger partial charge in [0, 0.05) is 7.05 Å². The van der Waals surface area contributed by atoms with E-state index in [9.17, 15) is 9.59 Å². The van der Waals surface area contributed by atoms with Crippen molar-refractivity contribution in [2.45, 2.75) is 33.7 Å². The predicted octanol–water partition coefficient (Wildman–Crippen LogP) is 4.89. The Labute approximate surface area is 190 Å². The number of nitrogens with zero attached hydrogens (tertiary/aromatic N) is 1. The molecule has 0 fully saturated rings. The van der Waals surface area contributed by atoms with Crippen LogP contribution in [0.1, 0.15) is 49.0 Å². The zero-order valence-electron chi connectivity index (χ0n) is 18.0. The third-order valence-corrected chi connectivity index (χ3v) is 6.03. The fourth-order valence-electron chi connectivity index (χ4n) is 3.02. The van der Waals surface area contributed by atoms with E-state index in [1.165, 1.54) is 16.2 Å². The second-order valence-electron chi connectivity index (χ2n) is 7.13. The van der Waals surface area contributed by atoms with Crippen LogP contribution in [0.25, 0.3) is 0 Å². The third-order valence-electron chi connectivity index (χ3n) is 4.42. The maximum absolute atomic E-state index is 12.7. The first-order valence-electron chi connectivity index (χ1n) is 9.96. The molecule has 0 aliphatic carbocycles. The molecule has 1 atom stereocenters. The van der Waals surface area contributed by atoms with Crippen molar-refractivity contribution in [2.24, 2.45) is 5.92 Å². The van der Waals surface area contributed by atoms with Crippen LogP contribution in [0.5, 0.6) is 11.5 Å². The van der Waals surface area contributed by atoms with Crippen LogP contribution in [0.3, 0.4) is 0 Å². The molecule has 0 radical (unpaired) electrons. The zero-order chi connectivity index (χ0) is 22.3. The highest BCUT2D eigenvalue weighted by Crippen LogP contribution is 2.33. The summed E-state index contributed by atoms with van der Waals surface area (Å²) in [6, 6.07) is 9.08. The number of carbonyl (C=O) groups is 2. The first kappa shape index (κ1) is 24.2. The Hall–Kier alpha value is -2.06. The number of hydrogen-bond donors (Lipinski definition) is 1. The van der Waals surface area contributed by atoms with Crippen LogP contribution in [0, 0.1) is 5.92 Å². The quantitative estimate of drug-likeness (QED) is 0.508. The first-order chi connectivity index (χ1) is 14.3. The van der Waals surface area contributed by atoms with Crippen molar-refractivity contribution in [3.63, 3.8) is 0 Å². The summed E-state index contributed by atoms with van der Waals surface area (Å²) in [6.45, 7) is 8.97. The number of carbonyl (C=O) groups excluding carboxylic acids is 2. The average Bonchev–Trinajstić information content (AvgIpc) is 3.13. The highest BCUT2D eigenvalue weighted by atomic mass is 79.9. The molecule has 0 saturated heterocycles. The normalized spacial score (nSPS) is 11.8. The number of halogens is 1. The van der Waals surface area contributed by atoms with Gasteiger partial charge in [-0.3, -0.25) is 9.59 Å². The molecule has 0 spiro atoms.